The second-order valence-electron chi connectivity index (χ2n) is 9.79. The summed E-state index contributed by atoms with van der Waals surface area (Å²) in [6.45, 7) is 5.24. The molecule has 0 bridgehead atoms. The Kier molecular flexibility index (Phi) is 8.09. The largest absolute Gasteiger partial charge is 0.477 e. The van der Waals surface area contributed by atoms with Gasteiger partial charge in [-0.05, 0) is 90.6 Å². The van der Waals surface area contributed by atoms with Crippen LogP contribution in [0.5, 0.6) is 0 Å². The van der Waals surface area contributed by atoms with Gasteiger partial charge < -0.3 is 29.0 Å². The van der Waals surface area contributed by atoms with Crippen LogP contribution in [0.2, 0.25) is 0 Å². The first-order valence-corrected chi connectivity index (χ1v) is 12.7. The van der Waals surface area contributed by atoms with Gasteiger partial charge in [-0.3, -0.25) is 14.4 Å². The Morgan fingerprint density at radius 2 is 0.762 bits per heavy atom. The van der Waals surface area contributed by atoms with Crippen molar-refractivity contribution in [1.29, 1.82) is 0 Å². The van der Waals surface area contributed by atoms with E-state index in [1.165, 1.54) is 68.7 Å². The van der Waals surface area contributed by atoms with Gasteiger partial charge in [0.1, 0.15) is 16.7 Å². The lowest BCUT2D eigenvalue weighted by molar-refractivity contribution is 0.0683. The number of rotatable bonds is 9. The molecular weight excluding hydrogens is 546 g/mol. The summed E-state index contributed by atoms with van der Waals surface area (Å²) in [6, 6.07) is 7.95. The molecule has 0 fully saturated rings. The van der Waals surface area contributed by atoms with E-state index in [0.717, 1.165) is 0 Å². The first kappa shape index (κ1) is 29.5. The van der Waals surface area contributed by atoms with E-state index in [2.05, 4.69) is 0 Å². The third-order valence-corrected chi connectivity index (χ3v) is 7.45. The molecule has 0 radical (unpaired) electrons. The van der Waals surface area contributed by atoms with E-state index in [1.807, 2.05) is 0 Å². The third-order valence-electron chi connectivity index (χ3n) is 7.45. The third kappa shape index (κ3) is 5.42. The van der Waals surface area contributed by atoms with Gasteiger partial charge in [0.2, 0.25) is 0 Å². The van der Waals surface area contributed by atoms with Crippen molar-refractivity contribution in [1.82, 2.24) is 13.7 Å². The van der Waals surface area contributed by atoms with Gasteiger partial charge in [0, 0.05) is 18.6 Å². The van der Waals surface area contributed by atoms with Crippen molar-refractivity contribution in [3.05, 3.63) is 136 Å². The molecule has 0 saturated carbocycles. The predicted octanol–water partition coefficient (Wildman–Crippen LogP) is 2.34. The van der Waals surface area contributed by atoms with Gasteiger partial charge in [0.15, 0.2) is 0 Å². The fourth-order valence-electron chi connectivity index (χ4n) is 5.09. The van der Waals surface area contributed by atoms with Crippen LogP contribution in [-0.4, -0.2) is 46.9 Å². The van der Waals surface area contributed by atoms with E-state index in [4.69, 9.17) is 0 Å². The van der Waals surface area contributed by atoms with Crippen molar-refractivity contribution in [3.63, 3.8) is 0 Å². The molecular formula is C30H27N3O9. The maximum Gasteiger partial charge on any atom is 0.341 e. The molecule has 0 aliphatic heterocycles. The Morgan fingerprint density at radius 3 is 0.976 bits per heavy atom. The number of carboxylic acids is 3. The van der Waals surface area contributed by atoms with Gasteiger partial charge in [-0.2, -0.15) is 0 Å². The number of pyridine rings is 3. The minimum absolute atomic E-state index is 0.0357. The summed E-state index contributed by atoms with van der Waals surface area (Å²) in [5.41, 5.74) is 0.537. The zero-order valence-electron chi connectivity index (χ0n) is 23.0. The quantitative estimate of drug-likeness (QED) is 0.271. The van der Waals surface area contributed by atoms with Gasteiger partial charge in [-0.1, -0.05) is 0 Å². The fourth-order valence-corrected chi connectivity index (χ4v) is 5.09. The van der Waals surface area contributed by atoms with Crippen LogP contribution in [-0.2, 0) is 19.6 Å². The molecule has 0 aliphatic carbocycles. The summed E-state index contributed by atoms with van der Waals surface area (Å²) >= 11 is 0. The minimum atomic E-state index is -1.37. The molecule has 216 valence electrons. The van der Waals surface area contributed by atoms with Crippen molar-refractivity contribution in [2.45, 2.75) is 40.4 Å². The van der Waals surface area contributed by atoms with E-state index in [9.17, 15) is 44.1 Å². The van der Waals surface area contributed by atoms with Crippen molar-refractivity contribution in [2.24, 2.45) is 0 Å². The number of carboxylic acid groups (broad SMARTS) is 3. The minimum Gasteiger partial charge on any atom is -0.477 e. The molecule has 3 N–H and O–H groups in total. The molecule has 12 nitrogen and oxygen atoms in total. The van der Waals surface area contributed by atoms with Crippen molar-refractivity contribution in [2.75, 3.05) is 0 Å². The maximum atomic E-state index is 12.9. The highest BCUT2D eigenvalue weighted by Gasteiger charge is 2.21. The number of aromatic carboxylic acids is 3. The van der Waals surface area contributed by atoms with Crippen LogP contribution in [0.1, 0.15) is 64.5 Å². The lowest BCUT2D eigenvalue weighted by Crippen LogP contribution is -2.29. The zero-order valence-corrected chi connectivity index (χ0v) is 23.0. The summed E-state index contributed by atoms with van der Waals surface area (Å²) in [7, 11) is 0. The average molecular weight is 574 g/mol. The predicted molar refractivity (Wildman–Crippen MR) is 151 cm³/mol. The van der Waals surface area contributed by atoms with E-state index in [-0.39, 0.29) is 19.6 Å². The Labute approximate surface area is 238 Å². The summed E-state index contributed by atoms with van der Waals surface area (Å²) in [4.78, 5) is 73.5. The van der Waals surface area contributed by atoms with Crippen LogP contribution >= 0.6 is 0 Å². The van der Waals surface area contributed by atoms with Gasteiger partial charge in [0.05, 0.1) is 19.6 Å². The Balaban J connectivity index is 1.96. The molecule has 0 aliphatic rings. The molecule has 0 unspecified atom stereocenters. The highest BCUT2D eigenvalue weighted by atomic mass is 16.4. The van der Waals surface area contributed by atoms with E-state index in [1.54, 1.807) is 20.8 Å². The molecule has 1 aromatic carbocycles. The highest BCUT2D eigenvalue weighted by Crippen LogP contribution is 2.29. The average Bonchev–Trinajstić information content (AvgIpc) is 2.93. The highest BCUT2D eigenvalue weighted by molar-refractivity contribution is 5.87. The second kappa shape index (κ2) is 11.5. The standard InChI is InChI=1S/C30H27N3O9/c1-16-22(13-31-10-4-7-19(25(31)34)28(37)38)17(2)24(15-33-12-6-9-21(27(33)36)30(41)42)18(3)23(16)14-32-11-5-8-20(26(32)35)29(39)40/h4-12H,13-15H2,1-3H3,(H,37,38)(H,39,40)(H,41,42). The first-order valence-electron chi connectivity index (χ1n) is 12.7. The van der Waals surface area contributed by atoms with Crippen LogP contribution < -0.4 is 16.7 Å². The maximum absolute atomic E-state index is 12.9. The molecule has 3 heterocycles. The Morgan fingerprint density at radius 1 is 0.524 bits per heavy atom. The lowest BCUT2D eigenvalue weighted by atomic mass is 9.87. The summed E-state index contributed by atoms with van der Waals surface area (Å²) in [5.74, 6) is -4.12. The molecule has 4 rings (SSSR count). The Bertz CT molecular complexity index is 1700. The summed E-state index contributed by atoms with van der Waals surface area (Å²) in [6.07, 6.45) is 4.36. The summed E-state index contributed by atoms with van der Waals surface area (Å²) in [5, 5.41) is 28.3. The second-order valence-corrected chi connectivity index (χ2v) is 9.79. The topological polar surface area (TPSA) is 178 Å². The molecule has 0 amide bonds. The SMILES string of the molecule is Cc1c(Cn2cccc(C(=O)O)c2=O)c(C)c(Cn2cccc(C(=O)O)c2=O)c(C)c1Cn1cccc(C(=O)O)c1=O. The normalized spacial score (nSPS) is 10.9. The fraction of sp³-hybridized carbons (Fsp3) is 0.200. The number of nitrogens with zero attached hydrogens (tertiary/aromatic N) is 3. The van der Waals surface area contributed by atoms with E-state index >= 15 is 0 Å². The van der Waals surface area contributed by atoms with Gasteiger partial charge in [0.25, 0.3) is 16.7 Å². The van der Waals surface area contributed by atoms with Gasteiger partial charge in [-0.25, -0.2) is 14.4 Å². The van der Waals surface area contributed by atoms with Crippen molar-refractivity contribution in [3.8, 4) is 0 Å². The van der Waals surface area contributed by atoms with Gasteiger partial charge >= 0.3 is 17.9 Å². The van der Waals surface area contributed by atoms with Crippen molar-refractivity contribution >= 4 is 17.9 Å². The van der Waals surface area contributed by atoms with Crippen LogP contribution in [0.3, 0.4) is 0 Å². The molecule has 42 heavy (non-hydrogen) atoms. The molecule has 3 aromatic heterocycles. The molecule has 0 saturated heterocycles. The van der Waals surface area contributed by atoms with Crippen LogP contribution in [0.4, 0.5) is 0 Å². The molecule has 0 spiro atoms. The van der Waals surface area contributed by atoms with Crippen LogP contribution in [0.15, 0.2) is 69.4 Å². The molecule has 12 heteroatoms. The first-order chi connectivity index (χ1) is 19.8. The van der Waals surface area contributed by atoms with Crippen LogP contribution in [0, 0.1) is 20.8 Å². The number of hydrogen-bond acceptors (Lipinski definition) is 6. The lowest BCUT2D eigenvalue weighted by Gasteiger charge is -2.24. The van der Waals surface area contributed by atoms with Crippen molar-refractivity contribution < 1.29 is 29.7 Å². The van der Waals surface area contributed by atoms with E-state index < -0.39 is 51.3 Å². The van der Waals surface area contributed by atoms with Crippen LogP contribution in [0.25, 0.3) is 0 Å². The number of hydrogen-bond donors (Lipinski definition) is 3. The monoisotopic (exact) mass is 573 g/mol. The zero-order chi connectivity index (χ0) is 30.9. The molecule has 0 atom stereocenters. The Hall–Kier alpha value is -5.52. The number of carbonyl (C=O) groups is 3. The summed E-state index contributed by atoms with van der Waals surface area (Å²) < 4.78 is 3.74. The molecule has 4 aromatic rings. The number of aromatic nitrogens is 3. The number of benzene rings is 1. The van der Waals surface area contributed by atoms with E-state index in [0.29, 0.717) is 33.4 Å². The smallest absolute Gasteiger partial charge is 0.341 e. The van der Waals surface area contributed by atoms with Gasteiger partial charge in [-0.15, -0.1) is 0 Å².